The summed E-state index contributed by atoms with van der Waals surface area (Å²) in [4.78, 5) is 60.2. The van der Waals surface area contributed by atoms with E-state index in [2.05, 4.69) is 11.8 Å². The Kier molecular flexibility index (Phi) is 11.3. The van der Waals surface area contributed by atoms with Gasteiger partial charge in [0.25, 0.3) is 0 Å². The molecule has 0 radical (unpaired) electrons. The summed E-state index contributed by atoms with van der Waals surface area (Å²) in [6.07, 6.45) is 4.38. The molecule has 238 valence electrons. The summed E-state index contributed by atoms with van der Waals surface area (Å²) in [7, 11) is 5.54. The third-order valence-corrected chi connectivity index (χ3v) is 8.84. The van der Waals surface area contributed by atoms with Crippen LogP contribution in [-0.4, -0.2) is 133 Å². The molecule has 3 aliphatic heterocycles. The quantitative estimate of drug-likeness (QED) is 0.302. The Morgan fingerprint density at radius 2 is 1.77 bits per heavy atom. The van der Waals surface area contributed by atoms with Gasteiger partial charge in [0.1, 0.15) is 0 Å². The highest BCUT2D eigenvalue weighted by Crippen LogP contribution is 2.42. The molecule has 43 heavy (non-hydrogen) atoms. The van der Waals surface area contributed by atoms with E-state index in [1.54, 1.807) is 11.0 Å². The van der Waals surface area contributed by atoms with Gasteiger partial charge < -0.3 is 29.3 Å². The molecule has 1 aromatic carbocycles. The first-order valence-corrected chi connectivity index (χ1v) is 15.4. The Labute approximate surface area is 254 Å². The molecule has 3 aliphatic rings. The number of carbonyl (C=O) groups excluding carboxylic acids is 3. The first-order chi connectivity index (χ1) is 20.6. The summed E-state index contributed by atoms with van der Waals surface area (Å²) in [5.74, 6) is -1.13. The molecule has 4 amide bonds. The number of imide groups is 1. The van der Waals surface area contributed by atoms with E-state index in [9.17, 15) is 24.3 Å². The predicted molar refractivity (Wildman–Crippen MR) is 160 cm³/mol. The van der Waals surface area contributed by atoms with Crippen LogP contribution in [0.25, 0.3) is 0 Å². The van der Waals surface area contributed by atoms with Crippen molar-refractivity contribution in [2.75, 3.05) is 73.7 Å². The number of nitrogens with zero attached hydrogens (tertiary/aromatic N) is 5. The number of unbranched alkanes of at least 4 members (excludes halogenated alkanes) is 2. The van der Waals surface area contributed by atoms with Gasteiger partial charge in [0.2, 0.25) is 18.6 Å². The lowest BCUT2D eigenvalue weighted by atomic mass is 9.84. The second-order valence-electron chi connectivity index (χ2n) is 12.1. The molecule has 0 saturated carbocycles. The maximum Gasteiger partial charge on any atom is 0.326 e. The number of urea groups is 1. The van der Waals surface area contributed by atoms with Gasteiger partial charge in [0.15, 0.2) is 11.5 Å². The number of hydrogen-bond acceptors (Lipinski definition) is 8. The van der Waals surface area contributed by atoms with Gasteiger partial charge in [-0.1, -0.05) is 19.4 Å². The van der Waals surface area contributed by atoms with Gasteiger partial charge in [0, 0.05) is 58.2 Å². The molecule has 0 bridgehead atoms. The minimum absolute atomic E-state index is 0.00171. The summed E-state index contributed by atoms with van der Waals surface area (Å²) >= 11 is 0. The van der Waals surface area contributed by atoms with Crippen LogP contribution in [0.1, 0.15) is 56.9 Å². The summed E-state index contributed by atoms with van der Waals surface area (Å²) in [6.45, 7) is 5.62. The van der Waals surface area contributed by atoms with Gasteiger partial charge in [-0.15, -0.1) is 0 Å². The largest absolute Gasteiger partial charge is 0.481 e. The molecule has 2 saturated heterocycles. The fourth-order valence-electron chi connectivity index (χ4n) is 6.36. The lowest BCUT2D eigenvalue weighted by Gasteiger charge is -2.34. The van der Waals surface area contributed by atoms with E-state index in [0.29, 0.717) is 50.6 Å². The Morgan fingerprint density at radius 3 is 2.49 bits per heavy atom. The maximum absolute atomic E-state index is 13.8. The van der Waals surface area contributed by atoms with Crippen molar-refractivity contribution in [2.24, 2.45) is 5.92 Å². The molecule has 0 aromatic heterocycles. The molecule has 1 aromatic rings. The standard InChI is InChI=1S/C31H47N5O7/c1-5-6-14-34(15-8-7-13-32(2)3)28(38)20-36-19-23(22-9-10-25-26(18-22)43-21-42-25)29(30(39)40)24(36)11-16-35-17-12-27(37)33(4)31(35)41/h9-10,18,23-24,29H,5-8,11-17,19-21H2,1-4H3,(H,39,40)/t23-,24+,29?/m1/s1. The molecule has 3 atom stereocenters. The third-order valence-electron chi connectivity index (χ3n) is 8.84. The lowest BCUT2D eigenvalue weighted by molar-refractivity contribution is -0.144. The van der Waals surface area contributed by atoms with Gasteiger partial charge in [-0.05, 0) is 64.0 Å². The fourth-order valence-corrected chi connectivity index (χ4v) is 6.36. The molecule has 0 spiro atoms. The number of hydrogen-bond donors (Lipinski definition) is 1. The van der Waals surface area contributed by atoms with Crippen LogP contribution < -0.4 is 9.47 Å². The molecule has 3 heterocycles. The molecule has 12 heteroatoms. The van der Waals surface area contributed by atoms with E-state index >= 15 is 0 Å². The number of rotatable bonds is 15. The normalized spacial score (nSPS) is 22.1. The SMILES string of the molecule is CCCCN(CCCCN(C)C)C(=O)CN1C[C@H](c2ccc3c(c2)OCO3)C(C(=O)O)[C@@H]1CCN1CCC(=O)N(C)C1=O. The predicted octanol–water partition coefficient (Wildman–Crippen LogP) is 2.53. The second-order valence-corrected chi connectivity index (χ2v) is 12.1. The maximum atomic E-state index is 13.8. The smallest absolute Gasteiger partial charge is 0.326 e. The number of carboxylic acid groups (broad SMARTS) is 1. The minimum atomic E-state index is -0.939. The van der Waals surface area contributed by atoms with Gasteiger partial charge in [-0.2, -0.15) is 0 Å². The highest BCUT2D eigenvalue weighted by Gasteiger charge is 2.47. The lowest BCUT2D eigenvalue weighted by Crippen LogP contribution is -2.52. The molecule has 4 rings (SSSR count). The Balaban J connectivity index is 1.55. The van der Waals surface area contributed by atoms with Crippen molar-refractivity contribution in [2.45, 2.75) is 57.4 Å². The van der Waals surface area contributed by atoms with Crippen LogP contribution in [-0.2, 0) is 14.4 Å². The van der Waals surface area contributed by atoms with Crippen molar-refractivity contribution < 1.29 is 33.8 Å². The van der Waals surface area contributed by atoms with E-state index in [-0.39, 0.29) is 43.5 Å². The summed E-state index contributed by atoms with van der Waals surface area (Å²) < 4.78 is 11.0. The highest BCUT2D eigenvalue weighted by atomic mass is 16.7. The Bertz CT molecular complexity index is 1160. The van der Waals surface area contributed by atoms with E-state index in [1.165, 1.54) is 7.05 Å². The number of carbonyl (C=O) groups is 4. The molecular weight excluding hydrogens is 554 g/mol. The number of carboxylic acids is 1. The van der Waals surface area contributed by atoms with Crippen LogP contribution in [0, 0.1) is 5.92 Å². The highest BCUT2D eigenvalue weighted by molar-refractivity contribution is 5.96. The zero-order valence-electron chi connectivity index (χ0n) is 26.0. The number of amides is 4. The number of aliphatic carboxylic acids is 1. The van der Waals surface area contributed by atoms with Crippen molar-refractivity contribution in [3.05, 3.63) is 23.8 Å². The van der Waals surface area contributed by atoms with E-state index in [0.717, 1.165) is 42.7 Å². The number of ether oxygens (including phenoxy) is 2. The van der Waals surface area contributed by atoms with Crippen LogP contribution in [0.4, 0.5) is 4.79 Å². The number of fused-ring (bicyclic) bond motifs is 1. The summed E-state index contributed by atoms with van der Waals surface area (Å²) in [6, 6.07) is 4.68. The van der Waals surface area contributed by atoms with Crippen molar-refractivity contribution in [3.63, 3.8) is 0 Å². The van der Waals surface area contributed by atoms with E-state index in [1.807, 2.05) is 36.0 Å². The first kappa shape index (κ1) is 32.5. The molecule has 1 unspecified atom stereocenters. The Hall–Kier alpha value is -3.38. The van der Waals surface area contributed by atoms with Crippen molar-refractivity contribution >= 4 is 23.8 Å². The molecule has 12 nitrogen and oxygen atoms in total. The van der Waals surface area contributed by atoms with E-state index < -0.39 is 17.9 Å². The number of benzene rings is 1. The van der Waals surface area contributed by atoms with E-state index in [4.69, 9.17) is 9.47 Å². The average Bonchev–Trinajstić information content (AvgIpc) is 3.59. The van der Waals surface area contributed by atoms with Gasteiger partial charge >= 0.3 is 12.0 Å². The van der Waals surface area contributed by atoms with Crippen LogP contribution >= 0.6 is 0 Å². The van der Waals surface area contributed by atoms with Gasteiger partial charge in [0.05, 0.1) is 12.5 Å². The number of likely N-dealkylation sites (tertiary alicyclic amines) is 1. The van der Waals surface area contributed by atoms with Crippen LogP contribution in [0.3, 0.4) is 0 Å². The van der Waals surface area contributed by atoms with Gasteiger partial charge in [-0.25, -0.2) is 4.79 Å². The zero-order chi connectivity index (χ0) is 31.1. The van der Waals surface area contributed by atoms with Crippen molar-refractivity contribution in [1.82, 2.24) is 24.5 Å². The third kappa shape index (κ3) is 7.97. The second kappa shape index (κ2) is 14.9. The molecule has 2 fully saturated rings. The molecule has 0 aliphatic carbocycles. The van der Waals surface area contributed by atoms with Crippen molar-refractivity contribution in [1.29, 1.82) is 0 Å². The van der Waals surface area contributed by atoms with Gasteiger partial charge in [-0.3, -0.25) is 24.2 Å². The van der Waals surface area contributed by atoms with Crippen LogP contribution in [0.5, 0.6) is 11.5 Å². The topological polar surface area (TPSA) is 123 Å². The van der Waals surface area contributed by atoms with Crippen LogP contribution in [0.2, 0.25) is 0 Å². The van der Waals surface area contributed by atoms with Crippen LogP contribution in [0.15, 0.2) is 18.2 Å². The first-order valence-electron chi connectivity index (χ1n) is 15.4. The molecule has 1 N–H and O–H groups in total. The Morgan fingerprint density at radius 1 is 1.05 bits per heavy atom. The fraction of sp³-hybridized carbons (Fsp3) is 0.677. The monoisotopic (exact) mass is 601 g/mol. The minimum Gasteiger partial charge on any atom is -0.481 e. The average molecular weight is 602 g/mol. The molecular formula is C31H47N5O7. The zero-order valence-corrected chi connectivity index (χ0v) is 26.0. The summed E-state index contributed by atoms with van der Waals surface area (Å²) in [5, 5.41) is 10.5. The van der Waals surface area contributed by atoms with Crippen molar-refractivity contribution in [3.8, 4) is 11.5 Å². The summed E-state index contributed by atoms with van der Waals surface area (Å²) in [5.41, 5.74) is 0.822.